The largest absolute Gasteiger partial charge is 0.447 e. The van der Waals surface area contributed by atoms with Crippen molar-refractivity contribution in [2.75, 3.05) is 19.7 Å². The van der Waals surface area contributed by atoms with Gasteiger partial charge in [0.2, 0.25) is 0 Å². The fraction of sp³-hybridized carbons (Fsp3) is 0.917. The molecule has 1 N–H and O–H groups in total. The zero-order chi connectivity index (χ0) is 23.3. The lowest BCUT2D eigenvalue weighted by molar-refractivity contribution is 0.125. The fourth-order valence-corrected chi connectivity index (χ4v) is 3.86. The monoisotopic (exact) mass is 450 g/mol. The summed E-state index contributed by atoms with van der Waals surface area (Å²) in [5.74, 6) is 0.571. The molecular weight excluding hydrogens is 404 g/mol. The first-order valence-corrected chi connectivity index (χ1v) is 12.9. The van der Waals surface area contributed by atoms with Crippen LogP contribution in [0.25, 0.3) is 0 Å². The van der Waals surface area contributed by atoms with Crippen LogP contribution in [0.1, 0.15) is 122 Å². The Morgan fingerprint density at radius 3 is 1.84 bits per heavy atom. The molecule has 0 aliphatic heterocycles. The van der Waals surface area contributed by atoms with E-state index in [1.807, 2.05) is 0 Å². The maximum absolute atomic E-state index is 11.8. The number of hydrogen-bond acceptors (Lipinski definition) is 5. The molecule has 0 aromatic carbocycles. The van der Waals surface area contributed by atoms with Gasteiger partial charge in [0, 0.05) is 6.54 Å². The third-order valence-electron chi connectivity index (χ3n) is 5.92. The number of nitrogens with zero attached hydrogens (tertiary/aromatic N) is 5. The van der Waals surface area contributed by atoms with E-state index in [1.165, 1.54) is 94.6 Å². The third kappa shape index (κ3) is 14.4. The standard InChI is InChI=1S/C24H46N6O2/c1-3-4-5-6-7-8-9-10-11-12-13-14-15-16-17-18-19-26-24(31)32-21-23(20-25)30-22(2)27-28-29-30/h23H,3-21H2,1-2H3,(H,26,31). The van der Waals surface area contributed by atoms with Crippen LogP contribution >= 0.6 is 0 Å². The van der Waals surface area contributed by atoms with E-state index in [0.29, 0.717) is 12.4 Å². The van der Waals surface area contributed by atoms with Crippen LogP contribution in [0, 0.1) is 6.92 Å². The van der Waals surface area contributed by atoms with Crippen molar-refractivity contribution in [2.45, 2.75) is 123 Å². The molecule has 0 fully saturated rings. The van der Waals surface area contributed by atoms with Gasteiger partial charge in [-0.25, -0.2) is 9.48 Å². The van der Waals surface area contributed by atoms with Crippen LogP contribution < -0.4 is 11.1 Å². The molecule has 1 atom stereocenters. The molecule has 1 unspecified atom stereocenters. The number of tetrazole rings is 1. The Morgan fingerprint density at radius 2 is 1.41 bits per heavy atom. The van der Waals surface area contributed by atoms with Gasteiger partial charge in [-0.3, -0.25) is 0 Å². The molecule has 0 bridgehead atoms. The second-order valence-corrected chi connectivity index (χ2v) is 8.84. The highest BCUT2D eigenvalue weighted by Gasteiger charge is 2.16. The van der Waals surface area contributed by atoms with E-state index in [1.54, 1.807) is 6.92 Å². The van der Waals surface area contributed by atoms with E-state index in [4.69, 9.17) is 4.74 Å². The van der Waals surface area contributed by atoms with Crippen LogP contribution in [0.5, 0.6) is 0 Å². The molecule has 0 saturated carbocycles. The number of ether oxygens (including phenoxy) is 1. The summed E-state index contributed by atoms with van der Waals surface area (Å²) in [7, 11) is 0. The second kappa shape index (κ2) is 19.9. The van der Waals surface area contributed by atoms with E-state index in [-0.39, 0.29) is 13.2 Å². The summed E-state index contributed by atoms with van der Waals surface area (Å²) in [6.07, 6.45) is 20.8. The molecule has 2 radical (unpaired) electrons. The van der Waals surface area contributed by atoms with Gasteiger partial charge in [0.05, 0.1) is 6.54 Å². The predicted molar refractivity (Wildman–Crippen MR) is 127 cm³/mol. The van der Waals surface area contributed by atoms with Crippen LogP contribution in [0.3, 0.4) is 0 Å². The number of unbranched alkanes of at least 4 members (excludes halogenated alkanes) is 15. The molecule has 0 aliphatic rings. The molecule has 8 heteroatoms. The van der Waals surface area contributed by atoms with Gasteiger partial charge < -0.3 is 10.1 Å². The van der Waals surface area contributed by atoms with Crippen molar-refractivity contribution >= 4 is 6.09 Å². The molecule has 184 valence electrons. The van der Waals surface area contributed by atoms with E-state index >= 15 is 0 Å². The number of aromatic nitrogens is 4. The molecule has 32 heavy (non-hydrogen) atoms. The minimum atomic E-state index is -0.466. The molecule has 1 aromatic rings. The SMILES string of the molecule is CCCCCCCCCCCCCCCCCCNC(=O)OCC(C[N])n1nnnc1C. The lowest BCUT2D eigenvalue weighted by atomic mass is 10.0. The molecule has 1 aromatic heterocycles. The van der Waals surface area contributed by atoms with Crippen LogP contribution in [0.4, 0.5) is 4.79 Å². The average molecular weight is 451 g/mol. The predicted octanol–water partition coefficient (Wildman–Crippen LogP) is 5.58. The summed E-state index contributed by atoms with van der Waals surface area (Å²) >= 11 is 0. The van der Waals surface area contributed by atoms with Crippen LogP contribution in [-0.2, 0) is 4.74 Å². The lowest BCUT2D eigenvalue weighted by Crippen LogP contribution is -2.30. The molecule has 0 saturated heterocycles. The van der Waals surface area contributed by atoms with E-state index in [0.717, 1.165) is 12.8 Å². The number of hydrogen-bond donors (Lipinski definition) is 1. The summed E-state index contributed by atoms with van der Waals surface area (Å²) in [6, 6.07) is -0.466. The number of carbonyl (C=O) groups excluding carboxylic acids is 1. The van der Waals surface area contributed by atoms with Crippen molar-refractivity contribution < 1.29 is 9.53 Å². The summed E-state index contributed by atoms with van der Waals surface area (Å²) in [5.41, 5.74) is 9.44. The maximum Gasteiger partial charge on any atom is 0.407 e. The van der Waals surface area contributed by atoms with Gasteiger partial charge in [-0.2, -0.15) is 0 Å². The van der Waals surface area contributed by atoms with Gasteiger partial charge in [0.15, 0.2) is 0 Å². The average Bonchev–Trinajstić information content (AvgIpc) is 3.22. The minimum absolute atomic E-state index is 0.0349. The first kappa shape index (κ1) is 28.3. The third-order valence-corrected chi connectivity index (χ3v) is 5.92. The van der Waals surface area contributed by atoms with Crippen LogP contribution in [0.15, 0.2) is 0 Å². The molecule has 0 aliphatic carbocycles. The molecule has 1 amide bonds. The number of rotatable bonds is 21. The van der Waals surface area contributed by atoms with Crippen molar-refractivity contribution in [1.29, 1.82) is 0 Å². The van der Waals surface area contributed by atoms with Gasteiger partial charge in [0.25, 0.3) is 0 Å². The smallest absolute Gasteiger partial charge is 0.407 e. The summed E-state index contributed by atoms with van der Waals surface area (Å²) in [6.45, 7) is 4.46. The first-order chi connectivity index (χ1) is 15.7. The van der Waals surface area contributed by atoms with Crippen molar-refractivity contribution in [2.24, 2.45) is 0 Å². The Hall–Kier alpha value is -1.70. The van der Waals surface area contributed by atoms with Gasteiger partial charge in [-0.05, 0) is 23.8 Å². The van der Waals surface area contributed by atoms with Crippen LogP contribution in [0.2, 0.25) is 0 Å². The number of aryl methyl sites for hydroxylation is 1. The zero-order valence-electron chi connectivity index (χ0n) is 20.6. The normalized spacial score (nSPS) is 12.1. The Kier molecular flexibility index (Phi) is 17.7. The van der Waals surface area contributed by atoms with Gasteiger partial charge in [-0.1, -0.05) is 103 Å². The Morgan fingerprint density at radius 1 is 0.906 bits per heavy atom. The highest BCUT2D eigenvalue weighted by atomic mass is 16.5. The highest BCUT2D eigenvalue weighted by Crippen LogP contribution is 2.13. The fourth-order valence-electron chi connectivity index (χ4n) is 3.86. The van der Waals surface area contributed by atoms with Crippen LogP contribution in [-0.4, -0.2) is 46.0 Å². The van der Waals surface area contributed by atoms with Gasteiger partial charge in [0.1, 0.15) is 18.5 Å². The van der Waals surface area contributed by atoms with Crippen molar-refractivity contribution in [3.63, 3.8) is 0 Å². The zero-order valence-corrected chi connectivity index (χ0v) is 20.6. The van der Waals surface area contributed by atoms with E-state index in [9.17, 15) is 10.5 Å². The topological polar surface area (TPSA) is 104 Å². The first-order valence-electron chi connectivity index (χ1n) is 12.9. The minimum Gasteiger partial charge on any atom is -0.447 e. The lowest BCUT2D eigenvalue weighted by Gasteiger charge is -2.15. The number of carbonyl (C=O) groups is 1. The molecule has 1 heterocycles. The molecule has 8 nitrogen and oxygen atoms in total. The summed E-state index contributed by atoms with van der Waals surface area (Å²) in [5, 5.41) is 13.9. The Bertz CT molecular complexity index is 566. The molecular formula is C24H46N6O2. The van der Waals surface area contributed by atoms with E-state index < -0.39 is 12.1 Å². The summed E-state index contributed by atoms with van der Waals surface area (Å²) < 4.78 is 6.64. The summed E-state index contributed by atoms with van der Waals surface area (Å²) in [4.78, 5) is 11.8. The van der Waals surface area contributed by atoms with Gasteiger partial charge >= 0.3 is 6.09 Å². The number of amides is 1. The quantitative estimate of drug-likeness (QED) is 0.246. The van der Waals surface area contributed by atoms with E-state index in [2.05, 4.69) is 27.8 Å². The molecule has 1 rings (SSSR count). The number of nitrogens with one attached hydrogen (secondary N) is 1. The van der Waals surface area contributed by atoms with Crippen molar-refractivity contribution in [3.8, 4) is 0 Å². The van der Waals surface area contributed by atoms with Crippen molar-refractivity contribution in [1.82, 2.24) is 31.3 Å². The molecule has 0 spiro atoms. The second-order valence-electron chi connectivity index (χ2n) is 8.84. The maximum atomic E-state index is 11.8. The number of alkyl carbamates (subject to hydrolysis) is 1. The Balaban J connectivity index is 1.84. The Labute approximate surface area is 195 Å². The highest BCUT2D eigenvalue weighted by molar-refractivity contribution is 5.67. The van der Waals surface area contributed by atoms with Gasteiger partial charge in [-0.15, -0.1) is 10.8 Å². The van der Waals surface area contributed by atoms with Crippen molar-refractivity contribution in [3.05, 3.63) is 5.82 Å².